The lowest BCUT2D eigenvalue weighted by molar-refractivity contribution is 0.0166. The quantitative estimate of drug-likeness (QED) is 0.587. The van der Waals surface area contributed by atoms with E-state index in [9.17, 15) is 9.18 Å². The molecule has 0 spiro atoms. The number of urea groups is 1. The molecular formula is C20H25ClFN7O2. The van der Waals surface area contributed by atoms with Gasteiger partial charge in [0.2, 0.25) is 0 Å². The van der Waals surface area contributed by atoms with E-state index in [4.69, 9.17) is 16.3 Å². The van der Waals surface area contributed by atoms with Crippen molar-refractivity contribution in [3.05, 3.63) is 28.9 Å². The molecule has 31 heavy (non-hydrogen) atoms. The Hall–Kier alpha value is -2.72. The second kappa shape index (κ2) is 9.19. The Bertz CT molecular complexity index is 1070. The monoisotopic (exact) mass is 449 g/mol. The van der Waals surface area contributed by atoms with E-state index in [1.165, 1.54) is 0 Å². The van der Waals surface area contributed by atoms with Crippen LogP contribution in [0.25, 0.3) is 17.5 Å². The van der Waals surface area contributed by atoms with Gasteiger partial charge in [0.1, 0.15) is 5.49 Å². The number of nitrogens with zero attached hydrogens (tertiary/aromatic N) is 4. The van der Waals surface area contributed by atoms with Crippen molar-refractivity contribution in [1.82, 2.24) is 25.2 Å². The molecule has 2 amide bonds. The SMILES string of the molecule is CC(C)NC(=O)N1CCOCC1CNc1nc(-c2c[nH]c3c2=CC(Cl)CN=3)ncc1F. The Morgan fingerprint density at radius 2 is 2.32 bits per heavy atom. The third-order valence-electron chi connectivity index (χ3n) is 5.06. The Kier molecular flexibility index (Phi) is 6.38. The van der Waals surface area contributed by atoms with Crippen LogP contribution in [-0.2, 0) is 4.74 Å². The molecule has 1 saturated heterocycles. The maximum Gasteiger partial charge on any atom is 0.318 e. The molecule has 2 aromatic rings. The topological polar surface area (TPSA) is 108 Å². The molecule has 2 atom stereocenters. The lowest BCUT2D eigenvalue weighted by Gasteiger charge is -2.36. The van der Waals surface area contributed by atoms with Gasteiger partial charge in [-0.1, -0.05) is 6.08 Å². The van der Waals surface area contributed by atoms with Crippen LogP contribution in [0.1, 0.15) is 13.8 Å². The van der Waals surface area contributed by atoms with Crippen LogP contribution in [0.3, 0.4) is 0 Å². The van der Waals surface area contributed by atoms with Crippen molar-refractivity contribution in [1.29, 1.82) is 0 Å². The minimum absolute atomic E-state index is 0.0224. The lowest BCUT2D eigenvalue weighted by Crippen LogP contribution is -2.55. The number of morpholine rings is 1. The molecule has 2 aliphatic rings. The van der Waals surface area contributed by atoms with Crippen LogP contribution in [0.5, 0.6) is 0 Å². The minimum Gasteiger partial charge on any atom is -0.377 e. The molecule has 3 N–H and O–H groups in total. The number of carbonyl (C=O) groups excluding carboxylic acids is 1. The summed E-state index contributed by atoms with van der Waals surface area (Å²) in [6, 6.07) is -0.397. The van der Waals surface area contributed by atoms with Gasteiger partial charge in [-0.3, -0.25) is 4.99 Å². The third-order valence-corrected chi connectivity index (χ3v) is 5.32. The maximum atomic E-state index is 14.4. The summed E-state index contributed by atoms with van der Waals surface area (Å²) in [6.45, 7) is 5.88. The van der Waals surface area contributed by atoms with Gasteiger partial charge in [0.15, 0.2) is 17.5 Å². The predicted octanol–water partition coefficient (Wildman–Crippen LogP) is 0.863. The molecule has 2 unspecified atom stereocenters. The number of aromatic amines is 1. The zero-order valence-corrected chi connectivity index (χ0v) is 18.1. The van der Waals surface area contributed by atoms with Crippen LogP contribution in [0, 0.1) is 5.82 Å². The molecule has 2 aliphatic heterocycles. The van der Waals surface area contributed by atoms with Gasteiger partial charge >= 0.3 is 6.03 Å². The Morgan fingerprint density at radius 1 is 1.48 bits per heavy atom. The summed E-state index contributed by atoms with van der Waals surface area (Å²) in [5, 5.41) is 6.50. The summed E-state index contributed by atoms with van der Waals surface area (Å²) in [4.78, 5) is 30.1. The van der Waals surface area contributed by atoms with Gasteiger partial charge in [-0.15, -0.1) is 11.6 Å². The summed E-state index contributed by atoms with van der Waals surface area (Å²) in [5.41, 5.74) is 1.41. The highest BCUT2D eigenvalue weighted by Gasteiger charge is 2.28. The van der Waals surface area contributed by atoms with E-state index in [2.05, 4.69) is 30.6 Å². The van der Waals surface area contributed by atoms with E-state index in [-0.39, 0.29) is 35.9 Å². The van der Waals surface area contributed by atoms with E-state index < -0.39 is 5.82 Å². The number of alkyl halides is 1. The van der Waals surface area contributed by atoms with E-state index >= 15 is 0 Å². The number of amides is 2. The highest BCUT2D eigenvalue weighted by atomic mass is 35.5. The van der Waals surface area contributed by atoms with Gasteiger partial charge in [-0.2, -0.15) is 0 Å². The largest absolute Gasteiger partial charge is 0.377 e. The van der Waals surface area contributed by atoms with Crippen molar-refractivity contribution in [3.8, 4) is 11.4 Å². The number of carbonyl (C=O) groups is 1. The van der Waals surface area contributed by atoms with Crippen molar-refractivity contribution in [2.75, 3.05) is 38.2 Å². The Labute approximate surface area is 183 Å². The van der Waals surface area contributed by atoms with E-state index in [1.807, 2.05) is 19.9 Å². The number of nitrogens with one attached hydrogen (secondary N) is 3. The van der Waals surface area contributed by atoms with Crippen molar-refractivity contribution in [2.45, 2.75) is 31.3 Å². The zero-order chi connectivity index (χ0) is 22.0. The average Bonchev–Trinajstić information content (AvgIpc) is 3.16. The molecule has 1 fully saturated rings. The summed E-state index contributed by atoms with van der Waals surface area (Å²) in [6.07, 6.45) is 4.76. The van der Waals surface area contributed by atoms with Gasteiger partial charge in [0.05, 0.1) is 37.4 Å². The third kappa shape index (κ3) is 4.80. The van der Waals surface area contributed by atoms with Crippen LogP contribution >= 0.6 is 11.6 Å². The second-order valence-corrected chi connectivity index (χ2v) is 8.35. The summed E-state index contributed by atoms with van der Waals surface area (Å²) in [7, 11) is 0. The normalized spacial score (nSPS) is 20.6. The Morgan fingerprint density at radius 3 is 3.13 bits per heavy atom. The fourth-order valence-electron chi connectivity index (χ4n) is 3.58. The number of aromatic nitrogens is 3. The Balaban J connectivity index is 1.53. The highest BCUT2D eigenvalue weighted by Crippen LogP contribution is 2.17. The summed E-state index contributed by atoms with van der Waals surface area (Å²) in [5.74, 6) is -0.162. The highest BCUT2D eigenvalue weighted by molar-refractivity contribution is 6.24. The first-order valence-electron chi connectivity index (χ1n) is 10.2. The number of fused-ring (bicyclic) bond motifs is 1. The zero-order valence-electron chi connectivity index (χ0n) is 17.4. The lowest BCUT2D eigenvalue weighted by atomic mass is 10.2. The van der Waals surface area contributed by atoms with E-state index in [0.29, 0.717) is 43.2 Å². The van der Waals surface area contributed by atoms with Crippen molar-refractivity contribution < 1.29 is 13.9 Å². The molecule has 11 heteroatoms. The molecule has 0 bridgehead atoms. The molecule has 0 saturated carbocycles. The van der Waals surface area contributed by atoms with Gasteiger partial charge < -0.3 is 25.3 Å². The predicted molar refractivity (Wildman–Crippen MR) is 115 cm³/mol. The van der Waals surface area contributed by atoms with Crippen LogP contribution in [0.2, 0.25) is 0 Å². The van der Waals surface area contributed by atoms with Crippen LogP contribution in [0.15, 0.2) is 17.4 Å². The fourth-order valence-corrected chi connectivity index (χ4v) is 3.77. The molecule has 9 nitrogen and oxygen atoms in total. The van der Waals surface area contributed by atoms with Crippen molar-refractivity contribution in [2.24, 2.45) is 4.99 Å². The number of anilines is 1. The van der Waals surface area contributed by atoms with E-state index in [0.717, 1.165) is 11.4 Å². The number of halogens is 2. The standard InChI is InChI=1S/C20H25ClFN7O2/c1-11(2)27-20(30)29-3-4-31-10-13(29)7-24-19-16(22)9-26-18(28-19)15-8-25-17-14(15)5-12(21)6-23-17/h5,8-9,11-13H,3-4,6-7,10H2,1-2H3,(H,23,25)(H,27,30)(H,24,26,28). The van der Waals surface area contributed by atoms with Crippen LogP contribution in [-0.4, -0.2) is 76.2 Å². The summed E-state index contributed by atoms with van der Waals surface area (Å²) >= 11 is 6.20. The average molecular weight is 450 g/mol. The minimum atomic E-state index is -0.577. The second-order valence-electron chi connectivity index (χ2n) is 7.79. The molecule has 2 aromatic heterocycles. The number of H-pyrrole nitrogens is 1. The van der Waals surface area contributed by atoms with Gasteiger partial charge in [0, 0.05) is 36.1 Å². The van der Waals surface area contributed by atoms with Crippen molar-refractivity contribution >= 4 is 29.5 Å². The van der Waals surface area contributed by atoms with Gasteiger partial charge in [-0.25, -0.2) is 19.2 Å². The summed E-state index contributed by atoms with van der Waals surface area (Å²) < 4.78 is 19.9. The van der Waals surface area contributed by atoms with E-state index in [1.54, 1.807) is 11.1 Å². The molecule has 166 valence electrons. The van der Waals surface area contributed by atoms with Crippen molar-refractivity contribution in [3.63, 3.8) is 0 Å². The smallest absolute Gasteiger partial charge is 0.318 e. The molecule has 0 radical (unpaired) electrons. The first-order chi connectivity index (χ1) is 14.9. The molecular weight excluding hydrogens is 425 g/mol. The molecule has 4 rings (SSSR count). The van der Waals surface area contributed by atoms with Crippen LogP contribution < -0.4 is 21.3 Å². The molecule has 0 aromatic carbocycles. The van der Waals surface area contributed by atoms with Crippen LogP contribution in [0.4, 0.5) is 15.0 Å². The first-order valence-corrected chi connectivity index (χ1v) is 10.7. The number of rotatable bonds is 5. The number of hydrogen-bond acceptors (Lipinski definition) is 6. The fraction of sp³-hybridized carbons (Fsp3) is 0.500. The van der Waals surface area contributed by atoms with Gasteiger partial charge in [0.25, 0.3) is 0 Å². The number of ether oxygens (including phenoxy) is 1. The molecule has 4 heterocycles. The first kappa shape index (κ1) is 21.5. The maximum absolute atomic E-state index is 14.4. The number of hydrogen-bond donors (Lipinski definition) is 3. The van der Waals surface area contributed by atoms with Gasteiger partial charge in [-0.05, 0) is 13.8 Å². The molecule has 0 aliphatic carbocycles.